The maximum Gasteiger partial charge on any atom is 0.200 e. The Morgan fingerprint density at radius 1 is 0.943 bits per heavy atom. The van der Waals surface area contributed by atoms with Crippen LogP contribution in [0.2, 0.25) is 0 Å². The van der Waals surface area contributed by atoms with E-state index in [4.69, 9.17) is 9.47 Å². The van der Waals surface area contributed by atoms with Crippen molar-refractivity contribution < 1.29 is 27.0 Å². The standard InChI is InChI=1S/C29H30F4O2/c1-5-20-7-9-21(10-8-20)24-15-16-25(29(33)28(24)32)22-11-13-23(14-12-22)35-17-18(3)26(30)27(31)19(4)34-6-2/h5,11-16,20-21H,1,3-4,6-10,17H2,2H3/b27-26-. The number of allylic oxidation sites excluding steroid dienone is 2. The minimum atomic E-state index is -1.23. The van der Waals surface area contributed by atoms with Gasteiger partial charge in [0.1, 0.15) is 12.4 Å². The molecule has 1 aliphatic carbocycles. The van der Waals surface area contributed by atoms with Gasteiger partial charge in [0.15, 0.2) is 29.0 Å². The molecule has 0 amide bonds. The average Bonchev–Trinajstić information content (AvgIpc) is 2.88. The quantitative estimate of drug-likeness (QED) is 0.145. The zero-order valence-electron chi connectivity index (χ0n) is 19.9. The van der Waals surface area contributed by atoms with Gasteiger partial charge in [0.05, 0.1) is 6.61 Å². The van der Waals surface area contributed by atoms with Gasteiger partial charge in [0, 0.05) is 11.1 Å². The Kier molecular flexibility index (Phi) is 8.96. The van der Waals surface area contributed by atoms with Crippen molar-refractivity contribution in [3.05, 3.63) is 102 Å². The summed E-state index contributed by atoms with van der Waals surface area (Å²) < 4.78 is 68.3. The molecule has 0 aliphatic heterocycles. The lowest BCUT2D eigenvalue weighted by Crippen LogP contribution is -2.13. The predicted molar refractivity (Wildman–Crippen MR) is 131 cm³/mol. The fourth-order valence-electron chi connectivity index (χ4n) is 4.25. The van der Waals surface area contributed by atoms with E-state index in [2.05, 4.69) is 19.7 Å². The van der Waals surface area contributed by atoms with Crippen molar-refractivity contribution in [3.8, 4) is 16.9 Å². The summed E-state index contributed by atoms with van der Waals surface area (Å²) in [5, 5.41) is 0. The van der Waals surface area contributed by atoms with Crippen molar-refractivity contribution >= 4 is 0 Å². The molecule has 35 heavy (non-hydrogen) atoms. The molecule has 0 bridgehead atoms. The zero-order chi connectivity index (χ0) is 25.5. The second-order valence-corrected chi connectivity index (χ2v) is 8.58. The first-order chi connectivity index (χ1) is 16.8. The molecular formula is C29H30F4O2. The molecule has 0 N–H and O–H groups in total. The third kappa shape index (κ3) is 6.24. The lowest BCUT2D eigenvalue weighted by atomic mass is 9.78. The van der Waals surface area contributed by atoms with E-state index in [1.807, 2.05) is 6.08 Å². The molecule has 6 heteroatoms. The van der Waals surface area contributed by atoms with Gasteiger partial charge in [-0.2, -0.15) is 4.39 Å². The Balaban J connectivity index is 1.67. The molecule has 0 spiro atoms. The molecule has 0 radical (unpaired) electrons. The maximum absolute atomic E-state index is 15.0. The SMILES string of the molecule is C=CC1CCC(c2ccc(-c3ccc(OCC(=C)/C(F)=C(/F)C(=C)OCC)cc3)c(F)c2F)CC1. The van der Waals surface area contributed by atoms with Gasteiger partial charge in [-0.15, -0.1) is 6.58 Å². The molecule has 0 aromatic heterocycles. The Morgan fingerprint density at radius 3 is 2.20 bits per heavy atom. The van der Waals surface area contributed by atoms with Crippen molar-refractivity contribution in [2.45, 2.75) is 38.5 Å². The van der Waals surface area contributed by atoms with E-state index in [1.54, 1.807) is 43.3 Å². The number of halogens is 4. The number of benzene rings is 2. The van der Waals surface area contributed by atoms with Gasteiger partial charge in [0.25, 0.3) is 0 Å². The summed E-state index contributed by atoms with van der Waals surface area (Å²) in [5.74, 6) is -3.75. The van der Waals surface area contributed by atoms with Crippen LogP contribution in [0.5, 0.6) is 5.75 Å². The monoisotopic (exact) mass is 486 g/mol. The highest BCUT2D eigenvalue weighted by molar-refractivity contribution is 5.65. The number of rotatable bonds is 10. The molecule has 0 saturated heterocycles. The molecule has 186 valence electrons. The van der Waals surface area contributed by atoms with E-state index in [0.29, 0.717) is 22.8 Å². The van der Waals surface area contributed by atoms with E-state index in [1.165, 1.54) is 0 Å². The van der Waals surface area contributed by atoms with Crippen LogP contribution in [0.25, 0.3) is 11.1 Å². The Labute approximate surface area is 204 Å². The van der Waals surface area contributed by atoms with Gasteiger partial charge in [-0.05, 0) is 67.7 Å². The van der Waals surface area contributed by atoms with Gasteiger partial charge in [-0.25, -0.2) is 13.2 Å². The predicted octanol–water partition coefficient (Wildman–Crippen LogP) is 8.73. The van der Waals surface area contributed by atoms with Crippen LogP contribution in [-0.4, -0.2) is 13.2 Å². The van der Waals surface area contributed by atoms with E-state index >= 15 is 0 Å². The number of hydrogen-bond donors (Lipinski definition) is 0. The molecule has 2 aromatic carbocycles. The van der Waals surface area contributed by atoms with Crippen LogP contribution < -0.4 is 4.74 Å². The Bertz CT molecular complexity index is 1110. The Morgan fingerprint density at radius 2 is 1.60 bits per heavy atom. The minimum Gasteiger partial charge on any atom is -0.491 e. The summed E-state index contributed by atoms with van der Waals surface area (Å²) in [6.45, 7) is 12.1. The van der Waals surface area contributed by atoms with Crippen LogP contribution in [0.1, 0.15) is 44.1 Å². The van der Waals surface area contributed by atoms with Crippen molar-refractivity contribution in [1.29, 1.82) is 0 Å². The number of hydrogen-bond acceptors (Lipinski definition) is 2. The molecule has 0 heterocycles. The summed E-state index contributed by atoms with van der Waals surface area (Å²) in [4.78, 5) is 0. The van der Waals surface area contributed by atoms with Crippen LogP contribution in [0, 0.1) is 17.6 Å². The maximum atomic E-state index is 15.0. The Hall–Kier alpha value is -3.28. The van der Waals surface area contributed by atoms with Crippen molar-refractivity contribution in [3.63, 3.8) is 0 Å². The van der Waals surface area contributed by atoms with Gasteiger partial charge < -0.3 is 9.47 Å². The summed E-state index contributed by atoms with van der Waals surface area (Å²) >= 11 is 0. The summed E-state index contributed by atoms with van der Waals surface area (Å²) in [6, 6.07) is 9.51. The first kappa shape index (κ1) is 26.3. The normalized spacial score (nSPS) is 18.4. The van der Waals surface area contributed by atoms with E-state index < -0.39 is 29.0 Å². The average molecular weight is 487 g/mol. The van der Waals surface area contributed by atoms with Gasteiger partial charge in [-0.1, -0.05) is 43.5 Å². The smallest absolute Gasteiger partial charge is 0.200 e. The molecule has 1 fully saturated rings. The molecule has 2 nitrogen and oxygen atoms in total. The summed E-state index contributed by atoms with van der Waals surface area (Å²) in [7, 11) is 0. The summed E-state index contributed by atoms with van der Waals surface area (Å²) in [5.41, 5.74) is 0.812. The van der Waals surface area contributed by atoms with E-state index in [9.17, 15) is 17.6 Å². The van der Waals surface area contributed by atoms with Crippen LogP contribution in [0.4, 0.5) is 17.6 Å². The summed E-state index contributed by atoms with van der Waals surface area (Å²) in [6.07, 6.45) is 5.41. The van der Waals surface area contributed by atoms with Gasteiger partial charge in [-0.3, -0.25) is 0 Å². The molecule has 3 rings (SSSR count). The van der Waals surface area contributed by atoms with E-state index in [0.717, 1.165) is 25.7 Å². The second kappa shape index (κ2) is 11.9. The first-order valence-corrected chi connectivity index (χ1v) is 11.7. The van der Waals surface area contributed by atoms with Crippen LogP contribution >= 0.6 is 0 Å². The van der Waals surface area contributed by atoms with Crippen molar-refractivity contribution in [2.75, 3.05) is 13.2 Å². The van der Waals surface area contributed by atoms with E-state index in [-0.39, 0.29) is 30.3 Å². The lowest BCUT2D eigenvalue weighted by Gasteiger charge is -2.27. The largest absolute Gasteiger partial charge is 0.491 e. The van der Waals surface area contributed by atoms with Crippen molar-refractivity contribution in [1.82, 2.24) is 0 Å². The lowest BCUT2D eigenvalue weighted by molar-refractivity contribution is 0.223. The highest BCUT2D eigenvalue weighted by Gasteiger charge is 2.25. The molecule has 2 aromatic rings. The topological polar surface area (TPSA) is 18.5 Å². The fourth-order valence-corrected chi connectivity index (χ4v) is 4.25. The third-order valence-electron chi connectivity index (χ3n) is 6.30. The molecule has 1 saturated carbocycles. The highest BCUT2D eigenvalue weighted by atomic mass is 19.2. The molecular weight excluding hydrogens is 456 g/mol. The van der Waals surface area contributed by atoms with Crippen LogP contribution in [0.15, 0.2) is 85.2 Å². The van der Waals surface area contributed by atoms with Crippen molar-refractivity contribution in [2.24, 2.45) is 5.92 Å². The molecule has 0 atom stereocenters. The van der Waals surface area contributed by atoms with Crippen LogP contribution in [-0.2, 0) is 4.74 Å². The zero-order valence-corrected chi connectivity index (χ0v) is 19.9. The first-order valence-electron chi connectivity index (χ1n) is 11.7. The van der Waals surface area contributed by atoms with Gasteiger partial charge in [0.2, 0.25) is 0 Å². The highest BCUT2D eigenvalue weighted by Crippen LogP contribution is 2.39. The number of ether oxygens (including phenoxy) is 2. The molecule has 0 unspecified atom stereocenters. The third-order valence-corrected chi connectivity index (χ3v) is 6.30. The van der Waals surface area contributed by atoms with Crippen LogP contribution in [0.3, 0.4) is 0 Å². The van der Waals surface area contributed by atoms with Gasteiger partial charge >= 0.3 is 0 Å². The molecule has 1 aliphatic rings. The fraction of sp³-hybridized carbons (Fsp3) is 0.310. The minimum absolute atomic E-state index is 0.00334. The second-order valence-electron chi connectivity index (χ2n) is 8.58.